The smallest absolute Gasteiger partial charge is 0.323 e. The number of benzene rings is 2. The second-order valence-electron chi connectivity index (χ2n) is 11.1. The Morgan fingerprint density at radius 3 is 2.45 bits per heavy atom. The van der Waals surface area contributed by atoms with Crippen LogP contribution in [0.2, 0.25) is 5.15 Å². The predicted octanol–water partition coefficient (Wildman–Crippen LogP) is 3.89. The Kier molecular flexibility index (Phi) is 9.78. The monoisotopic (exact) mass is 676 g/mol. The number of carbonyl (C=O) groups excluding carboxylic acids is 5. The highest BCUT2D eigenvalue weighted by Crippen LogP contribution is 2.32. The molecule has 0 bridgehead atoms. The van der Waals surface area contributed by atoms with Crippen LogP contribution in [0, 0.1) is 11.8 Å². The van der Waals surface area contributed by atoms with Crippen molar-refractivity contribution in [1.82, 2.24) is 25.5 Å². The number of imide groups is 1. The average Bonchev–Trinajstić information content (AvgIpc) is 3.35. The Balaban J connectivity index is 1.02. The van der Waals surface area contributed by atoms with Crippen molar-refractivity contribution >= 4 is 58.3 Å². The minimum Gasteiger partial charge on any atom is -0.383 e. The molecule has 1 atom stereocenters. The summed E-state index contributed by atoms with van der Waals surface area (Å²) in [6, 6.07) is 17.3. The van der Waals surface area contributed by atoms with E-state index >= 15 is 0 Å². The maximum atomic E-state index is 13.3. The van der Waals surface area contributed by atoms with Crippen LogP contribution in [0.4, 0.5) is 21.9 Å². The summed E-state index contributed by atoms with van der Waals surface area (Å²) in [4.78, 5) is 72.5. The highest BCUT2D eigenvalue weighted by molar-refractivity contribution is 6.29. The molecule has 2 aliphatic heterocycles. The first-order chi connectivity index (χ1) is 23.7. The number of nitrogens with one attached hydrogen (secondary N) is 5. The molecule has 4 heterocycles. The van der Waals surface area contributed by atoms with E-state index in [1.807, 2.05) is 0 Å². The lowest BCUT2D eigenvalue weighted by Crippen LogP contribution is -2.50. The third-order valence-electron chi connectivity index (χ3n) is 7.74. The van der Waals surface area contributed by atoms with Crippen LogP contribution in [0.25, 0.3) is 0 Å². The van der Waals surface area contributed by atoms with Crippen LogP contribution in [0.1, 0.15) is 55.2 Å². The zero-order valence-corrected chi connectivity index (χ0v) is 26.6. The van der Waals surface area contributed by atoms with Crippen molar-refractivity contribution in [3.63, 3.8) is 0 Å². The summed E-state index contributed by atoms with van der Waals surface area (Å²) in [5, 5.41) is 14.4. The van der Waals surface area contributed by atoms with Gasteiger partial charge >= 0.3 is 6.03 Å². The van der Waals surface area contributed by atoms with Crippen molar-refractivity contribution in [1.29, 1.82) is 0 Å². The third-order valence-corrected chi connectivity index (χ3v) is 7.95. The zero-order chi connectivity index (χ0) is 34.3. The molecule has 2 aliphatic rings. The lowest BCUT2D eigenvalue weighted by molar-refractivity contribution is -0.123. The van der Waals surface area contributed by atoms with Crippen LogP contribution in [0.15, 0.2) is 79.1 Å². The summed E-state index contributed by atoms with van der Waals surface area (Å²) >= 11 is 5.86. The molecule has 0 radical (unpaired) electrons. The van der Waals surface area contributed by atoms with Crippen molar-refractivity contribution in [2.45, 2.75) is 18.9 Å². The molecule has 2 aromatic carbocycles. The van der Waals surface area contributed by atoms with Gasteiger partial charge in [-0.15, -0.1) is 0 Å². The van der Waals surface area contributed by atoms with Crippen molar-refractivity contribution in [2.24, 2.45) is 0 Å². The number of halogens is 1. The van der Waals surface area contributed by atoms with Gasteiger partial charge in [0.15, 0.2) is 0 Å². The molecule has 246 valence electrons. The van der Waals surface area contributed by atoms with Crippen molar-refractivity contribution in [3.8, 4) is 11.8 Å². The molecule has 49 heavy (non-hydrogen) atoms. The van der Waals surface area contributed by atoms with E-state index in [1.54, 1.807) is 60.7 Å². The largest absolute Gasteiger partial charge is 0.383 e. The average molecular weight is 677 g/mol. The summed E-state index contributed by atoms with van der Waals surface area (Å²) in [6.45, 7) is 0.773. The van der Waals surface area contributed by atoms with E-state index in [9.17, 15) is 24.0 Å². The second-order valence-corrected chi connectivity index (χ2v) is 11.5. The van der Waals surface area contributed by atoms with Gasteiger partial charge in [0.2, 0.25) is 5.91 Å². The van der Waals surface area contributed by atoms with E-state index in [-0.39, 0.29) is 47.9 Å². The highest BCUT2D eigenvalue weighted by atomic mass is 35.5. The van der Waals surface area contributed by atoms with Crippen LogP contribution in [-0.4, -0.2) is 70.2 Å². The van der Waals surface area contributed by atoms with Crippen LogP contribution < -0.4 is 26.6 Å². The number of rotatable bonds is 8. The molecule has 1 unspecified atom stereocenters. The molecule has 6 amide bonds. The minimum atomic E-state index is -0.476. The SMILES string of the molecule is O=C1CCC(N2C(=O)c3cccc(NCCNC(=O)c4cccc(C#Cc5cc(NC(=O)Nc6ccnc(Cl)c6)ccn5)c4)c3C2=O)CN1. The molecular formula is C35H29ClN8O5. The van der Waals surface area contributed by atoms with Crippen molar-refractivity contribution in [2.75, 3.05) is 35.6 Å². The molecule has 1 fully saturated rings. The molecule has 0 spiro atoms. The van der Waals surface area contributed by atoms with Crippen molar-refractivity contribution < 1.29 is 24.0 Å². The van der Waals surface area contributed by atoms with E-state index in [0.717, 1.165) is 0 Å². The number of fused-ring (bicyclic) bond motifs is 1. The topological polar surface area (TPSA) is 175 Å². The normalized spacial score (nSPS) is 15.0. The Hall–Kier alpha value is -6.26. The van der Waals surface area contributed by atoms with E-state index < -0.39 is 18.0 Å². The number of carbonyl (C=O) groups is 5. The maximum Gasteiger partial charge on any atom is 0.323 e. The zero-order valence-electron chi connectivity index (χ0n) is 25.9. The lowest BCUT2D eigenvalue weighted by Gasteiger charge is -2.29. The molecule has 14 heteroatoms. The van der Waals surface area contributed by atoms with Gasteiger partial charge in [0.25, 0.3) is 17.7 Å². The molecule has 0 aliphatic carbocycles. The number of aromatic nitrogens is 2. The summed E-state index contributed by atoms with van der Waals surface area (Å²) in [7, 11) is 0. The van der Waals surface area contributed by atoms with Crippen molar-refractivity contribution in [3.05, 3.63) is 112 Å². The number of amides is 6. The van der Waals surface area contributed by atoms with E-state index in [1.165, 1.54) is 23.4 Å². The van der Waals surface area contributed by atoms with Gasteiger partial charge in [0, 0.05) is 66.6 Å². The fourth-order valence-electron chi connectivity index (χ4n) is 5.42. The van der Waals surface area contributed by atoms with Gasteiger partial charge in [-0.2, -0.15) is 0 Å². The third kappa shape index (κ3) is 7.83. The van der Waals surface area contributed by atoms with Crippen LogP contribution >= 0.6 is 11.6 Å². The van der Waals surface area contributed by atoms with Gasteiger partial charge in [-0.1, -0.05) is 29.7 Å². The van der Waals surface area contributed by atoms with Crippen LogP contribution in [0.5, 0.6) is 0 Å². The van der Waals surface area contributed by atoms with Gasteiger partial charge in [0.05, 0.1) is 17.2 Å². The number of anilines is 3. The summed E-state index contributed by atoms with van der Waals surface area (Å²) in [5.74, 6) is 4.75. The molecule has 5 N–H and O–H groups in total. The van der Waals surface area contributed by atoms with Gasteiger partial charge in [-0.25, -0.2) is 14.8 Å². The molecule has 4 aromatic rings. The molecule has 2 aromatic heterocycles. The first-order valence-corrected chi connectivity index (χ1v) is 15.7. The second kappa shape index (κ2) is 14.7. The predicted molar refractivity (Wildman–Crippen MR) is 182 cm³/mol. The first kappa shape index (κ1) is 32.7. The molecule has 0 saturated carbocycles. The highest BCUT2D eigenvalue weighted by Gasteiger charge is 2.42. The molecular weight excluding hydrogens is 648 g/mol. The van der Waals surface area contributed by atoms with Gasteiger partial charge in [-0.3, -0.25) is 24.1 Å². The van der Waals surface area contributed by atoms with E-state index in [0.29, 0.717) is 52.4 Å². The Labute approximate surface area is 285 Å². The number of piperidine rings is 1. The first-order valence-electron chi connectivity index (χ1n) is 15.3. The summed E-state index contributed by atoms with van der Waals surface area (Å²) in [6.07, 6.45) is 3.68. The summed E-state index contributed by atoms with van der Waals surface area (Å²) < 4.78 is 0. The number of pyridine rings is 2. The Morgan fingerprint density at radius 2 is 1.67 bits per heavy atom. The van der Waals surface area contributed by atoms with Crippen LogP contribution in [0.3, 0.4) is 0 Å². The molecule has 1 saturated heterocycles. The maximum absolute atomic E-state index is 13.3. The number of nitrogens with zero attached hydrogens (tertiary/aromatic N) is 3. The fourth-order valence-corrected chi connectivity index (χ4v) is 5.60. The van der Waals surface area contributed by atoms with Crippen LogP contribution in [-0.2, 0) is 4.79 Å². The summed E-state index contributed by atoms with van der Waals surface area (Å²) in [5.41, 5.74) is 3.46. The number of hydrogen-bond donors (Lipinski definition) is 5. The van der Waals surface area contributed by atoms with Gasteiger partial charge in [0.1, 0.15) is 10.8 Å². The Bertz CT molecular complexity index is 2030. The Morgan fingerprint density at radius 1 is 0.898 bits per heavy atom. The van der Waals surface area contributed by atoms with E-state index in [2.05, 4.69) is 48.4 Å². The van der Waals surface area contributed by atoms with Gasteiger partial charge < -0.3 is 26.6 Å². The number of hydrogen-bond acceptors (Lipinski definition) is 8. The quantitative estimate of drug-likeness (QED) is 0.0809. The molecule has 6 rings (SSSR count). The minimum absolute atomic E-state index is 0.0953. The fraction of sp³-hybridized carbons (Fsp3) is 0.171. The standard InChI is InChI=1S/C35H29ClN8O5/c36-29-19-25(12-14-39-29)43-35(49)42-24-11-13-37-23(18-24)8-7-21-3-1-4-22(17-21)32(46)40-16-15-38-28-6-2-5-27-31(28)34(48)44(33(27)47)26-9-10-30(45)41-20-26/h1-6,11-14,17-19,26,38H,9-10,15-16,20H2,(H,40,46)(H,41,45)(H2,37,39,42,43,49). The van der Waals surface area contributed by atoms with E-state index in [4.69, 9.17) is 11.6 Å². The lowest BCUT2D eigenvalue weighted by atomic mass is 10.1. The number of urea groups is 1. The van der Waals surface area contributed by atoms with Gasteiger partial charge in [-0.05, 0) is 66.9 Å². The molecule has 13 nitrogen and oxygen atoms in total.